The van der Waals surface area contributed by atoms with Crippen molar-refractivity contribution in [3.63, 3.8) is 0 Å². The van der Waals surface area contributed by atoms with Crippen LogP contribution in [-0.2, 0) is 21.7 Å². The predicted octanol–water partition coefficient (Wildman–Crippen LogP) is 3.34. The van der Waals surface area contributed by atoms with Crippen molar-refractivity contribution < 1.29 is 13.9 Å². The number of amides is 1. The number of fused-ring (bicyclic) bond motifs is 2. The number of benzene rings is 1. The molecule has 0 saturated carbocycles. The summed E-state index contributed by atoms with van der Waals surface area (Å²) in [4.78, 5) is 14.2. The summed E-state index contributed by atoms with van der Waals surface area (Å²) in [5.74, 6) is 0.724. The van der Waals surface area contributed by atoms with E-state index < -0.39 is 0 Å². The minimum Gasteiger partial charge on any atom is -0.465 e. The van der Waals surface area contributed by atoms with Crippen LogP contribution in [0, 0.1) is 0 Å². The van der Waals surface area contributed by atoms with Gasteiger partial charge in [-0.3, -0.25) is 4.79 Å². The molecule has 118 valence electrons. The lowest BCUT2D eigenvalue weighted by Crippen LogP contribution is -2.44. The van der Waals surface area contributed by atoms with Crippen LogP contribution in [0.15, 0.2) is 53.2 Å². The third-order valence-corrected chi connectivity index (χ3v) is 4.83. The second-order valence-corrected chi connectivity index (χ2v) is 6.11. The quantitative estimate of drug-likeness (QED) is 0.799. The molecule has 0 N–H and O–H groups in total. The van der Waals surface area contributed by atoms with Gasteiger partial charge in [0.2, 0.25) is 5.91 Å². The van der Waals surface area contributed by atoms with Crippen molar-refractivity contribution in [2.75, 3.05) is 13.1 Å². The molecule has 0 unspecified atom stereocenters. The molecular formula is C19H19NO3. The highest BCUT2D eigenvalue weighted by atomic mass is 16.5. The first-order chi connectivity index (χ1) is 11.3. The molecule has 2 aromatic rings. The number of carbonyl (C=O) groups excluding carboxylic acids is 1. The molecule has 23 heavy (non-hydrogen) atoms. The second-order valence-electron chi connectivity index (χ2n) is 6.11. The van der Waals surface area contributed by atoms with Crippen LogP contribution < -0.4 is 0 Å². The van der Waals surface area contributed by atoms with Gasteiger partial charge in [-0.15, -0.1) is 0 Å². The molecule has 4 nitrogen and oxygen atoms in total. The number of hydrogen-bond acceptors (Lipinski definition) is 3. The summed E-state index contributed by atoms with van der Waals surface area (Å²) < 4.78 is 11.3. The van der Waals surface area contributed by atoms with Crippen molar-refractivity contribution in [3.8, 4) is 0 Å². The highest BCUT2D eigenvalue weighted by molar-refractivity contribution is 5.91. The van der Waals surface area contributed by atoms with Crippen LogP contribution in [0.25, 0.3) is 6.08 Å². The van der Waals surface area contributed by atoms with Crippen LogP contribution in [-0.4, -0.2) is 23.9 Å². The molecule has 0 atom stereocenters. The molecule has 0 bridgehead atoms. The van der Waals surface area contributed by atoms with E-state index in [4.69, 9.17) is 9.15 Å². The van der Waals surface area contributed by atoms with Gasteiger partial charge in [0.25, 0.3) is 0 Å². The summed E-state index contributed by atoms with van der Waals surface area (Å²) in [5.41, 5.74) is 2.39. The lowest BCUT2D eigenvalue weighted by Gasteiger charge is -2.39. The zero-order valence-corrected chi connectivity index (χ0v) is 12.9. The number of likely N-dealkylation sites (tertiary alicyclic amines) is 1. The van der Waals surface area contributed by atoms with E-state index in [0.717, 1.165) is 25.9 Å². The number of furan rings is 1. The van der Waals surface area contributed by atoms with Crippen molar-refractivity contribution in [2.45, 2.75) is 25.0 Å². The minimum atomic E-state index is -0.196. The van der Waals surface area contributed by atoms with Crippen LogP contribution in [0.4, 0.5) is 0 Å². The molecule has 1 spiro atoms. The fraction of sp³-hybridized carbons (Fsp3) is 0.316. The average molecular weight is 309 g/mol. The largest absolute Gasteiger partial charge is 0.465 e. The lowest BCUT2D eigenvalue weighted by atomic mass is 9.84. The van der Waals surface area contributed by atoms with Gasteiger partial charge in [-0.1, -0.05) is 24.3 Å². The van der Waals surface area contributed by atoms with Gasteiger partial charge < -0.3 is 14.1 Å². The van der Waals surface area contributed by atoms with Gasteiger partial charge in [-0.2, -0.15) is 0 Å². The van der Waals surface area contributed by atoms with E-state index in [-0.39, 0.29) is 11.5 Å². The lowest BCUT2D eigenvalue weighted by molar-refractivity contribution is -0.133. The first-order valence-electron chi connectivity index (χ1n) is 8.00. The van der Waals surface area contributed by atoms with Gasteiger partial charge in [-0.25, -0.2) is 0 Å². The Balaban J connectivity index is 1.43. The normalized spacial score (nSPS) is 19.4. The number of ether oxygens (including phenoxy) is 1. The fourth-order valence-corrected chi connectivity index (χ4v) is 3.53. The predicted molar refractivity (Wildman–Crippen MR) is 86.5 cm³/mol. The van der Waals surface area contributed by atoms with E-state index in [0.29, 0.717) is 12.4 Å². The SMILES string of the molecule is O=C(/C=C/c1ccco1)N1CCC2(CC1)OCc1ccccc12. The number of rotatable bonds is 2. The monoisotopic (exact) mass is 309 g/mol. The second kappa shape index (κ2) is 5.70. The summed E-state index contributed by atoms with van der Waals surface area (Å²) >= 11 is 0. The van der Waals surface area contributed by atoms with Crippen molar-refractivity contribution in [2.24, 2.45) is 0 Å². The van der Waals surface area contributed by atoms with Crippen molar-refractivity contribution in [1.82, 2.24) is 4.90 Å². The highest BCUT2D eigenvalue weighted by Crippen LogP contribution is 2.43. The zero-order valence-electron chi connectivity index (χ0n) is 12.9. The van der Waals surface area contributed by atoms with E-state index in [1.165, 1.54) is 11.1 Å². The molecule has 1 amide bonds. The smallest absolute Gasteiger partial charge is 0.246 e. The van der Waals surface area contributed by atoms with Gasteiger partial charge in [0, 0.05) is 19.2 Å². The average Bonchev–Trinajstić information content (AvgIpc) is 3.23. The van der Waals surface area contributed by atoms with Gasteiger partial charge in [0.1, 0.15) is 5.76 Å². The van der Waals surface area contributed by atoms with Crippen LogP contribution in [0.3, 0.4) is 0 Å². The Hall–Kier alpha value is -2.33. The molecule has 0 aliphatic carbocycles. The molecular weight excluding hydrogens is 290 g/mol. The summed E-state index contributed by atoms with van der Waals surface area (Å²) in [6.45, 7) is 2.12. The van der Waals surface area contributed by atoms with E-state index in [1.807, 2.05) is 17.0 Å². The molecule has 2 aliphatic rings. The molecule has 1 fully saturated rings. The highest BCUT2D eigenvalue weighted by Gasteiger charge is 2.42. The molecule has 4 heteroatoms. The first-order valence-corrected chi connectivity index (χ1v) is 8.00. The Bertz CT molecular complexity index is 725. The maximum Gasteiger partial charge on any atom is 0.246 e. The molecule has 1 saturated heterocycles. The topological polar surface area (TPSA) is 42.7 Å². The van der Waals surface area contributed by atoms with Gasteiger partial charge in [0.05, 0.1) is 18.5 Å². The van der Waals surface area contributed by atoms with Crippen molar-refractivity contribution in [3.05, 3.63) is 65.6 Å². The molecule has 1 aromatic heterocycles. The van der Waals surface area contributed by atoms with Crippen molar-refractivity contribution >= 4 is 12.0 Å². The van der Waals surface area contributed by atoms with Gasteiger partial charge in [0.15, 0.2) is 0 Å². The maximum atomic E-state index is 12.3. The molecule has 3 heterocycles. The minimum absolute atomic E-state index is 0.0301. The van der Waals surface area contributed by atoms with Crippen LogP contribution >= 0.6 is 0 Å². The molecule has 0 radical (unpaired) electrons. The van der Waals surface area contributed by atoms with Crippen LogP contribution in [0.1, 0.15) is 29.7 Å². The van der Waals surface area contributed by atoms with E-state index in [9.17, 15) is 4.79 Å². The van der Waals surface area contributed by atoms with E-state index >= 15 is 0 Å². The number of piperidine rings is 1. The summed E-state index contributed by atoms with van der Waals surface area (Å²) in [5, 5.41) is 0. The number of nitrogens with zero attached hydrogens (tertiary/aromatic N) is 1. The number of hydrogen-bond donors (Lipinski definition) is 0. The van der Waals surface area contributed by atoms with E-state index in [1.54, 1.807) is 18.4 Å². The summed E-state index contributed by atoms with van der Waals surface area (Å²) in [6.07, 6.45) is 6.60. The Morgan fingerprint density at radius 1 is 1.13 bits per heavy atom. The molecule has 1 aromatic carbocycles. The Labute approximate surface area is 135 Å². The van der Waals surface area contributed by atoms with Crippen LogP contribution in [0.5, 0.6) is 0 Å². The van der Waals surface area contributed by atoms with Crippen molar-refractivity contribution in [1.29, 1.82) is 0 Å². The summed E-state index contributed by atoms with van der Waals surface area (Å²) in [7, 11) is 0. The maximum absolute atomic E-state index is 12.3. The standard InChI is InChI=1S/C19H19NO3/c21-18(8-7-16-5-3-13-22-16)20-11-9-19(10-12-20)17-6-2-1-4-15(17)14-23-19/h1-8,13H,9-12,14H2/b8-7+. The van der Waals surface area contributed by atoms with Crippen LogP contribution in [0.2, 0.25) is 0 Å². The molecule has 2 aliphatic heterocycles. The fourth-order valence-electron chi connectivity index (χ4n) is 3.53. The van der Waals surface area contributed by atoms with Gasteiger partial charge >= 0.3 is 0 Å². The Kier molecular flexibility index (Phi) is 3.54. The third-order valence-electron chi connectivity index (χ3n) is 4.83. The summed E-state index contributed by atoms with van der Waals surface area (Å²) in [6, 6.07) is 12.1. The third kappa shape index (κ3) is 2.59. The van der Waals surface area contributed by atoms with Gasteiger partial charge in [-0.05, 0) is 42.2 Å². The number of carbonyl (C=O) groups is 1. The first kappa shape index (κ1) is 14.3. The Morgan fingerprint density at radius 3 is 2.74 bits per heavy atom. The van der Waals surface area contributed by atoms with E-state index in [2.05, 4.69) is 24.3 Å². The molecule has 4 rings (SSSR count). The Morgan fingerprint density at radius 2 is 1.96 bits per heavy atom. The zero-order chi connectivity index (χ0) is 15.7.